The first-order valence-corrected chi connectivity index (χ1v) is 7.01. The summed E-state index contributed by atoms with van der Waals surface area (Å²) >= 11 is 0. The third-order valence-electron chi connectivity index (χ3n) is 3.40. The molecule has 0 unspecified atom stereocenters. The number of benzene rings is 1. The highest BCUT2D eigenvalue weighted by molar-refractivity contribution is 5.47. The molecule has 1 nitrogen and oxygen atoms in total. The zero-order valence-electron chi connectivity index (χ0n) is 13.3. The molecule has 0 saturated carbocycles. The maximum atomic E-state index is 10.5. The van der Waals surface area contributed by atoms with E-state index in [9.17, 15) is 5.11 Å². The molecule has 0 aromatic heterocycles. The Morgan fingerprint density at radius 3 is 2.21 bits per heavy atom. The van der Waals surface area contributed by atoms with Crippen LogP contribution in [0.15, 0.2) is 24.8 Å². The van der Waals surface area contributed by atoms with Gasteiger partial charge >= 0.3 is 0 Å². The van der Waals surface area contributed by atoms with E-state index in [-0.39, 0.29) is 10.8 Å². The van der Waals surface area contributed by atoms with Crippen molar-refractivity contribution in [3.8, 4) is 5.75 Å². The van der Waals surface area contributed by atoms with Crippen LogP contribution in [0, 0.1) is 12.3 Å². The van der Waals surface area contributed by atoms with Gasteiger partial charge in [-0.2, -0.15) is 0 Å². The summed E-state index contributed by atoms with van der Waals surface area (Å²) in [5.41, 5.74) is 3.43. The molecule has 0 aliphatic heterocycles. The summed E-state index contributed by atoms with van der Waals surface area (Å²) in [6, 6.07) is 4.17. The van der Waals surface area contributed by atoms with E-state index < -0.39 is 0 Å². The summed E-state index contributed by atoms with van der Waals surface area (Å²) in [6.07, 6.45) is 3.59. The van der Waals surface area contributed by atoms with Crippen LogP contribution in [-0.4, -0.2) is 5.11 Å². The Morgan fingerprint density at radius 1 is 1.16 bits per heavy atom. The number of phenols is 1. The van der Waals surface area contributed by atoms with Gasteiger partial charge in [0.15, 0.2) is 0 Å². The Labute approximate surface area is 118 Å². The molecular weight excluding hydrogens is 232 g/mol. The zero-order chi connectivity index (χ0) is 14.8. The monoisotopic (exact) mass is 260 g/mol. The molecule has 0 radical (unpaired) electrons. The average Bonchev–Trinajstić information content (AvgIpc) is 2.19. The molecule has 0 atom stereocenters. The first kappa shape index (κ1) is 15.8. The fraction of sp³-hybridized carbons (Fsp3) is 0.556. The zero-order valence-corrected chi connectivity index (χ0v) is 13.3. The van der Waals surface area contributed by atoms with Crippen molar-refractivity contribution in [1.29, 1.82) is 0 Å². The maximum absolute atomic E-state index is 10.5. The van der Waals surface area contributed by atoms with Gasteiger partial charge < -0.3 is 5.11 Å². The van der Waals surface area contributed by atoms with E-state index >= 15 is 0 Å². The minimum Gasteiger partial charge on any atom is -0.507 e. The second-order valence-electron chi connectivity index (χ2n) is 7.43. The van der Waals surface area contributed by atoms with Gasteiger partial charge in [0.25, 0.3) is 0 Å². The van der Waals surface area contributed by atoms with Crippen LogP contribution in [0.25, 0.3) is 0 Å². The molecule has 106 valence electrons. The van der Waals surface area contributed by atoms with E-state index in [2.05, 4.69) is 54.2 Å². The van der Waals surface area contributed by atoms with Crippen LogP contribution in [0.3, 0.4) is 0 Å². The molecule has 19 heavy (non-hydrogen) atoms. The fourth-order valence-electron chi connectivity index (χ4n) is 3.10. The van der Waals surface area contributed by atoms with Gasteiger partial charge in [-0.25, -0.2) is 0 Å². The van der Waals surface area contributed by atoms with Crippen molar-refractivity contribution in [2.24, 2.45) is 5.41 Å². The largest absolute Gasteiger partial charge is 0.507 e. The third-order valence-corrected chi connectivity index (χ3v) is 3.40. The highest BCUT2D eigenvalue weighted by atomic mass is 16.3. The quantitative estimate of drug-likeness (QED) is 0.743. The lowest BCUT2D eigenvalue weighted by molar-refractivity contribution is 0.278. The first-order valence-electron chi connectivity index (χ1n) is 7.01. The summed E-state index contributed by atoms with van der Waals surface area (Å²) in [6.45, 7) is 17.0. The van der Waals surface area contributed by atoms with E-state index in [0.717, 1.165) is 17.5 Å². The highest BCUT2D eigenvalue weighted by Gasteiger charge is 2.30. The SMILES string of the molecule is C=CCc1cc(C)cc(C(C)(C)CC(C)(C)C)c1O. The third kappa shape index (κ3) is 4.12. The van der Waals surface area contributed by atoms with Crippen molar-refractivity contribution in [1.82, 2.24) is 0 Å². The normalized spacial score (nSPS) is 12.5. The molecule has 0 aliphatic carbocycles. The Bertz CT molecular complexity index is 461. The molecule has 1 rings (SSSR count). The minimum absolute atomic E-state index is 0.0374. The summed E-state index contributed by atoms with van der Waals surface area (Å²) in [5, 5.41) is 10.5. The van der Waals surface area contributed by atoms with E-state index in [1.54, 1.807) is 0 Å². The predicted octanol–water partition coefficient (Wildman–Crippen LogP) is 5.14. The molecule has 0 bridgehead atoms. The van der Waals surface area contributed by atoms with Crippen LogP contribution in [0.5, 0.6) is 5.75 Å². The van der Waals surface area contributed by atoms with Gasteiger partial charge in [-0.15, -0.1) is 6.58 Å². The van der Waals surface area contributed by atoms with Crippen molar-refractivity contribution in [2.45, 2.75) is 59.8 Å². The van der Waals surface area contributed by atoms with E-state index in [1.165, 1.54) is 5.56 Å². The Kier molecular flexibility index (Phi) is 4.50. The topological polar surface area (TPSA) is 20.2 Å². The van der Waals surface area contributed by atoms with Gasteiger partial charge in [-0.1, -0.05) is 58.4 Å². The van der Waals surface area contributed by atoms with Crippen LogP contribution < -0.4 is 0 Å². The Balaban J connectivity index is 3.29. The molecular formula is C18H28O. The molecule has 1 aromatic carbocycles. The molecule has 0 heterocycles. The van der Waals surface area contributed by atoms with E-state index in [0.29, 0.717) is 12.2 Å². The number of hydrogen-bond donors (Lipinski definition) is 1. The first-order chi connectivity index (χ1) is 8.57. The van der Waals surface area contributed by atoms with Crippen LogP contribution in [0.4, 0.5) is 0 Å². The number of allylic oxidation sites excluding steroid dienone is 1. The van der Waals surface area contributed by atoms with E-state index in [1.807, 2.05) is 12.1 Å². The standard InChI is InChI=1S/C18H28O/c1-8-9-14-10-13(2)11-15(16(14)19)18(6,7)12-17(3,4)5/h8,10-11,19H,1,9,12H2,2-7H3. The Hall–Kier alpha value is -1.24. The molecule has 0 amide bonds. The lowest BCUT2D eigenvalue weighted by atomic mass is 9.71. The van der Waals surface area contributed by atoms with Crippen LogP contribution in [-0.2, 0) is 11.8 Å². The van der Waals surface area contributed by atoms with Crippen LogP contribution in [0.2, 0.25) is 0 Å². The number of aryl methyl sites for hydroxylation is 1. The minimum atomic E-state index is -0.0374. The smallest absolute Gasteiger partial charge is 0.122 e. The van der Waals surface area contributed by atoms with Crippen molar-refractivity contribution < 1.29 is 5.11 Å². The summed E-state index contributed by atoms with van der Waals surface area (Å²) < 4.78 is 0. The second-order valence-corrected chi connectivity index (χ2v) is 7.43. The van der Waals surface area contributed by atoms with E-state index in [4.69, 9.17) is 0 Å². The predicted molar refractivity (Wildman–Crippen MR) is 83.8 cm³/mol. The maximum Gasteiger partial charge on any atom is 0.122 e. The fourth-order valence-corrected chi connectivity index (χ4v) is 3.10. The van der Waals surface area contributed by atoms with Gasteiger partial charge in [0.05, 0.1) is 0 Å². The molecule has 0 aliphatic rings. The van der Waals surface area contributed by atoms with Crippen molar-refractivity contribution in [3.05, 3.63) is 41.5 Å². The number of hydrogen-bond acceptors (Lipinski definition) is 1. The summed E-state index contributed by atoms with van der Waals surface area (Å²) in [5.74, 6) is 0.444. The van der Waals surface area contributed by atoms with Gasteiger partial charge in [0.2, 0.25) is 0 Å². The number of phenolic OH excluding ortho intramolecular Hbond substituents is 1. The summed E-state index contributed by atoms with van der Waals surface area (Å²) in [7, 11) is 0. The van der Waals surface area contributed by atoms with Gasteiger partial charge in [0.1, 0.15) is 5.75 Å². The van der Waals surface area contributed by atoms with Gasteiger partial charge in [-0.05, 0) is 36.2 Å². The number of aromatic hydroxyl groups is 1. The molecule has 0 fully saturated rings. The highest BCUT2D eigenvalue weighted by Crippen LogP contribution is 2.41. The molecule has 0 spiro atoms. The van der Waals surface area contributed by atoms with Crippen molar-refractivity contribution >= 4 is 0 Å². The van der Waals surface area contributed by atoms with Gasteiger partial charge in [-0.3, -0.25) is 0 Å². The van der Waals surface area contributed by atoms with Crippen molar-refractivity contribution in [2.75, 3.05) is 0 Å². The van der Waals surface area contributed by atoms with Crippen molar-refractivity contribution in [3.63, 3.8) is 0 Å². The van der Waals surface area contributed by atoms with Crippen LogP contribution >= 0.6 is 0 Å². The average molecular weight is 260 g/mol. The summed E-state index contributed by atoms with van der Waals surface area (Å²) in [4.78, 5) is 0. The molecule has 1 N–H and O–H groups in total. The lowest BCUT2D eigenvalue weighted by Gasteiger charge is -2.34. The molecule has 0 saturated heterocycles. The molecule has 1 aromatic rings. The Morgan fingerprint density at radius 2 is 1.74 bits per heavy atom. The second kappa shape index (κ2) is 5.40. The van der Waals surface area contributed by atoms with Gasteiger partial charge in [0, 0.05) is 5.56 Å². The number of rotatable bonds is 4. The lowest BCUT2D eigenvalue weighted by Crippen LogP contribution is -2.25. The molecule has 1 heteroatoms. The van der Waals surface area contributed by atoms with Crippen LogP contribution in [0.1, 0.15) is 57.7 Å².